The van der Waals surface area contributed by atoms with Gasteiger partial charge >= 0.3 is 0 Å². The lowest BCUT2D eigenvalue weighted by Crippen LogP contribution is -2.40. The van der Waals surface area contributed by atoms with Crippen molar-refractivity contribution in [2.24, 2.45) is 5.16 Å². The Balaban J connectivity index is 1.28. The number of rotatable bonds is 4. The van der Waals surface area contributed by atoms with Gasteiger partial charge in [-0.25, -0.2) is 0 Å². The average molecular weight is 363 g/mol. The lowest BCUT2D eigenvalue weighted by molar-refractivity contribution is -0.131. The van der Waals surface area contributed by atoms with Crippen LogP contribution < -0.4 is 10.1 Å². The van der Waals surface area contributed by atoms with E-state index >= 15 is 0 Å². The molecule has 0 radical (unpaired) electrons. The lowest BCUT2D eigenvalue weighted by Gasteiger charge is -2.13. The van der Waals surface area contributed by atoms with Gasteiger partial charge in [-0.3, -0.25) is 4.79 Å². The number of oxime groups is 1. The van der Waals surface area contributed by atoms with Gasteiger partial charge in [0, 0.05) is 12.8 Å². The van der Waals surface area contributed by atoms with Crippen LogP contribution in [0.1, 0.15) is 16.9 Å². The number of benzene rings is 1. The zero-order valence-electron chi connectivity index (χ0n) is 12.7. The van der Waals surface area contributed by atoms with Crippen molar-refractivity contribution in [3.05, 3.63) is 51.2 Å². The standard InChI is InChI=1S/C17H15ClN2O3S/c18-16-6-5-15(24-16)12-8-14(23-20-12)17(21)19-9-11-7-10-3-1-2-4-13(10)22-11/h1-6,11,14H,7-9H2,(H,19,21). The van der Waals surface area contributed by atoms with Crippen molar-refractivity contribution < 1.29 is 14.4 Å². The van der Waals surface area contributed by atoms with Gasteiger partial charge in [-0.05, 0) is 23.8 Å². The normalized spacial score (nSPS) is 21.6. The summed E-state index contributed by atoms with van der Waals surface area (Å²) in [5.74, 6) is 0.727. The maximum Gasteiger partial charge on any atom is 0.264 e. The van der Waals surface area contributed by atoms with E-state index in [4.69, 9.17) is 21.2 Å². The van der Waals surface area contributed by atoms with Crippen LogP contribution in [0.4, 0.5) is 0 Å². The van der Waals surface area contributed by atoms with Crippen LogP contribution in [0.3, 0.4) is 0 Å². The highest BCUT2D eigenvalue weighted by molar-refractivity contribution is 7.18. The molecule has 2 unspecified atom stereocenters. The Hall–Kier alpha value is -2.05. The third-order valence-electron chi connectivity index (χ3n) is 4.04. The Bertz CT molecular complexity index is 780. The van der Waals surface area contributed by atoms with Crippen molar-refractivity contribution in [2.75, 3.05) is 6.54 Å². The number of carbonyl (C=O) groups is 1. The number of hydrogen-bond acceptors (Lipinski definition) is 5. The Labute approximate surface area is 148 Å². The van der Waals surface area contributed by atoms with Gasteiger partial charge in [-0.2, -0.15) is 0 Å². The first-order valence-electron chi connectivity index (χ1n) is 7.70. The number of para-hydroxylation sites is 1. The highest BCUT2D eigenvalue weighted by Crippen LogP contribution is 2.28. The number of nitrogens with one attached hydrogen (secondary N) is 1. The van der Waals surface area contributed by atoms with E-state index in [2.05, 4.69) is 10.5 Å². The molecule has 0 spiro atoms. The summed E-state index contributed by atoms with van der Waals surface area (Å²) in [6, 6.07) is 11.6. The van der Waals surface area contributed by atoms with E-state index in [1.165, 1.54) is 16.9 Å². The zero-order valence-corrected chi connectivity index (χ0v) is 14.3. The molecule has 0 saturated carbocycles. The summed E-state index contributed by atoms with van der Waals surface area (Å²) < 4.78 is 6.51. The second-order valence-electron chi connectivity index (χ2n) is 5.74. The molecular weight excluding hydrogens is 348 g/mol. The second-order valence-corrected chi connectivity index (χ2v) is 7.45. The van der Waals surface area contributed by atoms with Crippen molar-refractivity contribution in [1.82, 2.24) is 5.32 Å². The van der Waals surface area contributed by atoms with Crippen molar-refractivity contribution >= 4 is 34.6 Å². The minimum absolute atomic E-state index is 0.0377. The van der Waals surface area contributed by atoms with Gasteiger partial charge in [0.25, 0.3) is 5.91 Å². The minimum Gasteiger partial charge on any atom is -0.488 e. The smallest absolute Gasteiger partial charge is 0.264 e. The summed E-state index contributed by atoms with van der Waals surface area (Å²) in [6.45, 7) is 0.452. The summed E-state index contributed by atoms with van der Waals surface area (Å²) in [5.41, 5.74) is 1.94. The van der Waals surface area contributed by atoms with Crippen molar-refractivity contribution in [3.8, 4) is 5.75 Å². The van der Waals surface area contributed by atoms with Crippen molar-refractivity contribution in [2.45, 2.75) is 25.0 Å². The zero-order chi connectivity index (χ0) is 16.5. The van der Waals surface area contributed by atoms with E-state index in [1.807, 2.05) is 36.4 Å². The minimum atomic E-state index is -0.593. The molecular formula is C17H15ClN2O3S. The molecule has 7 heteroatoms. The molecule has 0 bridgehead atoms. The largest absolute Gasteiger partial charge is 0.488 e. The molecule has 0 fully saturated rings. The molecule has 3 heterocycles. The van der Waals surface area contributed by atoms with Crippen LogP contribution in [-0.4, -0.2) is 30.4 Å². The number of hydrogen-bond donors (Lipinski definition) is 1. The Kier molecular flexibility index (Phi) is 4.16. The molecule has 0 aliphatic carbocycles. The first kappa shape index (κ1) is 15.5. The fraction of sp³-hybridized carbons (Fsp3) is 0.294. The maximum atomic E-state index is 12.3. The molecule has 1 N–H and O–H groups in total. The third kappa shape index (κ3) is 3.12. The van der Waals surface area contributed by atoms with Crippen LogP contribution in [0, 0.1) is 0 Å². The van der Waals surface area contributed by atoms with Crippen molar-refractivity contribution in [1.29, 1.82) is 0 Å². The third-order valence-corrected chi connectivity index (χ3v) is 5.32. The van der Waals surface area contributed by atoms with Crippen molar-refractivity contribution in [3.63, 3.8) is 0 Å². The molecule has 0 saturated heterocycles. The van der Waals surface area contributed by atoms with E-state index in [0.717, 1.165) is 22.8 Å². The molecule has 1 aromatic heterocycles. The van der Waals surface area contributed by atoms with Gasteiger partial charge in [0.1, 0.15) is 17.6 Å². The topological polar surface area (TPSA) is 59.9 Å². The second kappa shape index (κ2) is 6.45. The lowest BCUT2D eigenvalue weighted by atomic mass is 10.1. The fourth-order valence-corrected chi connectivity index (χ4v) is 3.86. The summed E-state index contributed by atoms with van der Waals surface area (Å²) in [5, 5.41) is 6.90. The Morgan fingerprint density at radius 3 is 2.96 bits per heavy atom. The van der Waals surface area contributed by atoms with Gasteiger partial charge in [0.15, 0.2) is 0 Å². The summed E-state index contributed by atoms with van der Waals surface area (Å²) in [4.78, 5) is 18.5. The first-order valence-corrected chi connectivity index (χ1v) is 8.89. The van der Waals surface area contributed by atoms with E-state index in [0.29, 0.717) is 17.3 Å². The Morgan fingerprint density at radius 2 is 2.17 bits per heavy atom. The SMILES string of the molecule is O=C(NCC1Cc2ccccc2O1)C1CC(c2ccc(Cl)s2)=NO1. The van der Waals surface area contributed by atoms with Crippen LogP contribution in [0.25, 0.3) is 0 Å². The molecule has 1 aromatic carbocycles. The van der Waals surface area contributed by atoms with Crippen LogP contribution in [-0.2, 0) is 16.1 Å². The number of carbonyl (C=O) groups excluding carboxylic acids is 1. The summed E-state index contributed by atoms with van der Waals surface area (Å²) in [7, 11) is 0. The summed E-state index contributed by atoms with van der Waals surface area (Å²) >= 11 is 7.36. The first-order chi connectivity index (χ1) is 11.7. The quantitative estimate of drug-likeness (QED) is 0.909. The number of thiophene rings is 1. The van der Waals surface area contributed by atoms with Gasteiger partial charge in [-0.1, -0.05) is 35.0 Å². The monoisotopic (exact) mass is 362 g/mol. The van der Waals surface area contributed by atoms with Crippen LogP contribution in [0.15, 0.2) is 41.6 Å². The van der Waals surface area contributed by atoms with Gasteiger partial charge in [0.2, 0.25) is 6.10 Å². The highest BCUT2D eigenvalue weighted by Gasteiger charge is 2.30. The molecule has 2 aromatic rings. The fourth-order valence-electron chi connectivity index (χ4n) is 2.83. The maximum absolute atomic E-state index is 12.3. The van der Waals surface area contributed by atoms with E-state index in [1.54, 1.807) is 0 Å². The number of ether oxygens (including phenoxy) is 1. The molecule has 4 rings (SSSR count). The molecule has 2 atom stereocenters. The highest BCUT2D eigenvalue weighted by atomic mass is 35.5. The van der Waals surface area contributed by atoms with Crippen LogP contribution in [0.5, 0.6) is 5.75 Å². The molecule has 2 aliphatic rings. The molecule has 2 aliphatic heterocycles. The van der Waals surface area contributed by atoms with Gasteiger partial charge in [-0.15, -0.1) is 11.3 Å². The predicted molar refractivity (Wildman–Crippen MR) is 92.9 cm³/mol. The number of halogens is 1. The van der Waals surface area contributed by atoms with Gasteiger partial charge in [0.05, 0.1) is 15.8 Å². The van der Waals surface area contributed by atoms with Gasteiger partial charge < -0.3 is 14.9 Å². The van der Waals surface area contributed by atoms with E-state index in [-0.39, 0.29) is 12.0 Å². The summed E-state index contributed by atoms with van der Waals surface area (Å²) in [6.07, 6.45) is 0.625. The molecule has 24 heavy (non-hydrogen) atoms. The Morgan fingerprint density at radius 1 is 1.29 bits per heavy atom. The predicted octanol–water partition coefficient (Wildman–Crippen LogP) is 3.01. The van der Waals surface area contributed by atoms with E-state index in [9.17, 15) is 4.79 Å². The molecule has 124 valence electrons. The molecule has 5 nitrogen and oxygen atoms in total. The number of fused-ring (bicyclic) bond motifs is 1. The molecule has 1 amide bonds. The number of nitrogens with zero attached hydrogens (tertiary/aromatic N) is 1. The van der Waals surface area contributed by atoms with E-state index < -0.39 is 6.10 Å². The van der Waals surface area contributed by atoms with Crippen LogP contribution >= 0.6 is 22.9 Å². The average Bonchev–Trinajstić information content (AvgIpc) is 3.30. The number of amides is 1. The van der Waals surface area contributed by atoms with Crippen LogP contribution in [0.2, 0.25) is 4.34 Å².